The highest BCUT2D eigenvalue weighted by atomic mass is 15.6. The van der Waals surface area contributed by atoms with Crippen LogP contribution in [0, 0.1) is 13.8 Å². The molecular weight excluding hydrogens is 420 g/mol. The summed E-state index contributed by atoms with van der Waals surface area (Å²) in [5.74, 6) is 0.792. The summed E-state index contributed by atoms with van der Waals surface area (Å²) in [6, 6.07) is 35.4. The van der Waals surface area contributed by atoms with Crippen LogP contribution in [-0.4, -0.2) is 11.9 Å². The highest BCUT2D eigenvalue weighted by Gasteiger charge is 2.15. The van der Waals surface area contributed by atoms with E-state index >= 15 is 0 Å². The molecule has 0 aliphatic heterocycles. The fourth-order valence-electron chi connectivity index (χ4n) is 3.35. The van der Waals surface area contributed by atoms with Crippen molar-refractivity contribution in [1.29, 1.82) is 0 Å². The van der Waals surface area contributed by atoms with E-state index in [1.807, 2.05) is 123 Å². The first kappa shape index (κ1) is 22.6. The smallest absolute Gasteiger partial charge is 0.220 e. The summed E-state index contributed by atoms with van der Waals surface area (Å²) in [6.45, 7) is 4.08. The van der Waals surface area contributed by atoms with Crippen molar-refractivity contribution in [2.75, 3.05) is 10.3 Å². The summed E-state index contributed by atoms with van der Waals surface area (Å²) >= 11 is 0. The summed E-state index contributed by atoms with van der Waals surface area (Å²) in [5, 5.41) is 5.15. The number of aryl methyl sites for hydroxylation is 2. The highest BCUT2D eigenvalue weighted by Crippen LogP contribution is 2.20. The number of para-hydroxylation sites is 4. The van der Waals surface area contributed by atoms with Crippen molar-refractivity contribution >= 4 is 34.7 Å². The number of hydrogen-bond acceptors (Lipinski definition) is 2. The Balaban J connectivity index is 1.75. The molecule has 0 spiro atoms. The van der Waals surface area contributed by atoms with Crippen molar-refractivity contribution in [2.45, 2.75) is 13.8 Å². The van der Waals surface area contributed by atoms with Crippen LogP contribution < -0.4 is 21.5 Å². The van der Waals surface area contributed by atoms with E-state index in [0.717, 1.165) is 33.9 Å². The van der Waals surface area contributed by atoms with Crippen LogP contribution in [0.2, 0.25) is 0 Å². The van der Waals surface area contributed by atoms with Gasteiger partial charge in [-0.3, -0.25) is 5.43 Å². The van der Waals surface area contributed by atoms with Crippen LogP contribution in [0.5, 0.6) is 0 Å². The zero-order chi connectivity index (χ0) is 23.8. The Morgan fingerprint density at radius 3 is 1.94 bits per heavy atom. The minimum Gasteiger partial charge on any atom is -0.368 e. The largest absolute Gasteiger partial charge is 0.368 e. The summed E-state index contributed by atoms with van der Waals surface area (Å²) in [6.07, 6.45) is 0. The number of benzene rings is 4. The third-order valence-electron chi connectivity index (χ3n) is 5.21. The number of hydrogen-bond donors (Lipinski definition) is 3. The summed E-state index contributed by atoms with van der Waals surface area (Å²) in [4.78, 5) is 9.50. The Morgan fingerprint density at radius 2 is 1.26 bits per heavy atom. The van der Waals surface area contributed by atoms with Gasteiger partial charge in [-0.1, -0.05) is 72.8 Å². The van der Waals surface area contributed by atoms with Crippen molar-refractivity contribution in [2.24, 2.45) is 15.7 Å². The van der Waals surface area contributed by atoms with E-state index in [1.54, 1.807) is 5.01 Å². The molecule has 0 aliphatic carbocycles. The van der Waals surface area contributed by atoms with Gasteiger partial charge in [0.25, 0.3) is 0 Å². The lowest BCUT2D eigenvalue weighted by molar-refractivity contribution is 0.945. The van der Waals surface area contributed by atoms with E-state index < -0.39 is 0 Å². The molecule has 0 saturated carbocycles. The molecule has 0 bridgehead atoms. The van der Waals surface area contributed by atoms with Gasteiger partial charge in [0, 0.05) is 5.69 Å². The fraction of sp³-hybridized carbons (Fsp3) is 0.0714. The normalized spacial score (nSPS) is 11.7. The maximum absolute atomic E-state index is 6.51. The lowest BCUT2D eigenvalue weighted by atomic mass is 10.2. The number of anilines is 2. The van der Waals surface area contributed by atoms with Crippen LogP contribution in [0.25, 0.3) is 0 Å². The molecule has 0 radical (unpaired) electrons. The second-order valence-corrected chi connectivity index (χ2v) is 7.78. The standard InChI is InChI=1S/C28H28N6/c1-21-13-9-11-19-25(21)31-28(32-26-20-12-10-14-22(26)2)33-34(24-17-7-4-8-18-24)27(29)30-23-15-5-3-6-16-23/h3-20H,1-2H3,(H2,29,30)(H2,31,32,33). The number of rotatable bonds is 4. The van der Waals surface area contributed by atoms with E-state index in [9.17, 15) is 0 Å². The van der Waals surface area contributed by atoms with E-state index in [-0.39, 0.29) is 5.96 Å². The first-order valence-electron chi connectivity index (χ1n) is 11.1. The quantitative estimate of drug-likeness (QED) is 0.201. The number of guanidine groups is 2. The number of aliphatic imine (C=N–C) groups is 2. The molecular formula is C28H28N6. The minimum atomic E-state index is 0.279. The molecule has 0 fully saturated rings. The number of nitrogens with zero attached hydrogens (tertiary/aromatic N) is 3. The zero-order valence-electron chi connectivity index (χ0n) is 19.3. The minimum absolute atomic E-state index is 0.279. The molecule has 6 nitrogen and oxygen atoms in total. The Kier molecular flexibility index (Phi) is 7.20. The van der Waals surface area contributed by atoms with Gasteiger partial charge in [-0.15, -0.1) is 0 Å². The molecule has 0 amide bonds. The second kappa shape index (κ2) is 10.8. The molecule has 0 saturated heterocycles. The van der Waals surface area contributed by atoms with Crippen LogP contribution >= 0.6 is 0 Å². The van der Waals surface area contributed by atoms with Gasteiger partial charge in [0.2, 0.25) is 11.9 Å². The van der Waals surface area contributed by atoms with E-state index in [1.165, 1.54) is 0 Å². The first-order chi connectivity index (χ1) is 16.6. The molecule has 4 aromatic carbocycles. The van der Waals surface area contributed by atoms with E-state index in [0.29, 0.717) is 5.96 Å². The lowest BCUT2D eigenvalue weighted by Gasteiger charge is -2.27. The number of nitrogens with one attached hydrogen (secondary N) is 2. The molecule has 4 rings (SSSR count). The third-order valence-corrected chi connectivity index (χ3v) is 5.21. The van der Waals surface area contributed by atoms with Gasteiger partial charge in [0.15, 0.2) is 0 Å². The molecule has 0 aliphatic rings. The molecule has 0 aromatic heterocycles. The van der Waals surface area contributed by atoms with Crippen molar-refractivity contribution < 1.29 is 0 Å². The number of hydrazine groups is 1. The van der Waals surface area contributed by atoms with Gasteiger partial charge in [0.05, 0.1) is 17.1 Å². The van der Waals surface area contributed by atoms with Crippen molar-refractivity contribution in [1.82, 2.24) is 5.43 Å². The Bertz CT molecular complexity index is 1280. The average Bonchev–Trinajstić information content (AvgIpc) is 2.86. The Labute approximate surface area is 200 Å². The molecule has 0 atom stereocenters. The van der Waals surface area contributed by atoms with E-state index in [2.05, 4.69) is 15.7 Å². The van der Waals surface area contributed by atoms with Crippen LogP contribution in [0.4, 0.5) is 22.7 Å². The van der Waals surface area contributed by atoms with Crippen LogP contribution in [0.1, 0.15) is 11.1 Å². The first-order valence-corrected chi connectivity index (χ1v) is 11.1. The van der Waals surface area contributed by atoms with Crippen molar-refractivity contribution in [3.05, 3.63) is 120 Å². The van der Waals surface area contributed by atoms with Gasteiger partial charge in [-0.25, -0.2) is 15.0 Å². The molecule has 0 unspecified atom stereocenters. The van der Waals surface area contributed by atoms with Gasteiger partial charge < -0.3 is 11.1 Å². The van der Waals surface area contributed by atoms with Gasteiger partial charge >= 0.3 is 0 Å². The summed E-state index contributed by atoms with van der Waals surface area (Å²) < 4.78 is 0. The molecule has 6 heteroatoms. The van der Waals surface area contributed by atoms with Gasteiger partial charge in [-0.2, -0.15) is 0 Å². The average molecular weight is 449 g/mol. The molecule has 4 aromatic rings. The maximum atomic E-state index is 6.51. The summed E-state index contributed by atoms with van der Waals surface area (Å²) in [7, 11) is 0. The third kappa shape index (κ3) is 5.81. The highest BCUT2D eigenvalue weighted by molar-refractivity contribution is 6.03. The lowest BCUT2D eigenvalue weighted by Crippen LogP contribution is -2.52. The molecule has 34 heavy (non-hydrogen) atoms. The van der Waals surface area contributed by atoms with Crippen LogP contribution in [0.3, 0.4) is 0 Å². The monoisotopic (exact) mass is 448 g/mol. The Hall–Kier alpha value is -4.58. The van der Waals surface area contributed by atoms with Crippen molar-refractivity contribution in [3.63, 3.8) is 0 Å². The molecule has 170 valence electrons. The van der Waals surface area contributed by atoms with Gasteiger partial charge in [0.1, 0.15) is 0 Å². The zero-order valence-corrected chi connectivity index (χ0v) is 19.3. The predicted octanol–water partition coefficient (Wildman–Crippen LogP) is 6.06. The molecule has 0 heterocycles. The van der Waals surface area contributed by atoms with Crippen molar-refractivity contribution in [3.8, 4) is 0 Å². The molecule has 4 N–H and O–H groups in total. The maximum Gasteiger partial charge on any atom is 0.220 e. The second-order valence-electron chi connectivity index (χ2n) is 7.78. The fourth-order valence-corrected chi connectivity index (χ4v) is 3.35. The topological polar surface area (TPSA) is 78.0 Å². The SMILES string of the molecule is Cc1ccccc1N=C(Nc1ccccc1C)NN(C(N)=Nc1ccccc1)c1ccccc1. The van der Waals surface area contributed by atoms with Gasteiger partial charge in [-0.05, 0) is 61.4 Å². The summed E-state index contributed by atoms with van der Waals surface area (Å²) in [5.41, 5.74) is 15.4. The van der Waals surface area contributed by atoms with Crippen LogP contribution in [0.15, 0.2) is 119 Å². The van der Waals surface area contributed by atoms with E-state index in [4.69, 9.17) is 10.7 Å². The predicted molar refractivity (Wildman–Crippen MR) is 143 cm³/mol. The van der Waals surface area contributed by atoms with Crippen LogP contribution in [-0.2, 0) is 0 Å². The Morgan fingerprint density at radius 1 is 0.676 bits per heavy atom. The number of nitrogens with two attached hydrogens (primary N) is 1.